The Morgan fingerprint density at radius 1 is 1.50 bits per heavy atom. The maximum Gasteiger partial charge on any atom is 0.408 e. The molecule has 70 valence electrons. The second kappa shape index (κ2) is 3.80. The van der Waals surface area contributed by atoms with E-state index >= 15 is 0 Å². The molecular weight excluding hydrogens is 193 g/mol. The number of nitrogens with zero attached hydrogens (tertiary/aromatic N) is 2. The highest BCUT2D eigenvalue weighted by molar-refractivity contribution is 5.85. The summed E-state index contributed by atoms with van der Waals surface area (Å²) >= 11 is 0. The number of halogens is 4. The Labute approximate surface area is 73.8 Å². The number of hydrogen-bond acceptors (Lipinski definition) is 1. The molecule has 0 aromatic carbocycles. The predicted octanol–water partition coefficient (Wildman–Crippen LogP) is 2.18. The Balaban J connectivity index is 0.00000121. The summed E-state index contributed by atoms with van der Waals surface area (Å²) in [5.74, 6) is 0. The first kappa shape index (κ1) is 11.3. The molecule has 0 radical (unpaired) electrons. The Morgan fingerprint density at radius 3 is 2.42 bits per heavy atom. The summed E-state index contributed by atoms with van der Waals surface area (Å²) in [6, 6.07) is 1.53. The quantitative estimate of drug-likeness (QED) is 0.680. The van der Waals surface area contributed by atoms with Gasteiger partial charge in [-0.25, -0.2) is 0 Å². The largest absolute Gasteiger partial charge is 0.408 e. The van der Waals surface area contributed by atoms with Gasteiger partial charge in [0.2, 0.25) is 0 Å². The average molecular weight is 201 g/mol. The molecule has 12 heavy (non-hydrogen) atoms. The summed E-state index contributed by atoms with van der Waals surface area (Å²) in [5, 5.41) is 3.50. The summed E-state index contributed by atoms with van der Waals surface area (Å²) < 4.78 is 36.1. The molecule has 0 spiro atoms. The molecule has 2 nitrogen and oxygen atoms in total. The summed E-state index contributed by atoms with van der Waals surface area (Å²) in [6.07, 6.45) is -2.84. The third kappa shape index (κ3) is 3.13. The second-order valence-electron chi connectivity index (χ2n) is 2.25. The SMILES string of the molecule is Cc1ccnn1CC(F)(F)F.Cl. The van der Waals surface area contributed by atoms with Crippen molar-refractivity contribution in [3.05, 3.63) is 18.0 Å². The molecule has 0 saturated carbocycles. The fourth-order valence-corrected chi connectivity index (χ4v) is 0.734. The van der Waals surface area contributed by atoms with Crippen molar-refractivity contribution < 1.29 is 13.2 Å². The van der Waals surface area contributed by atoms with E-state index in [4.69, 9.17) is 0 Å². The van der Waals surface area contributed by atoms with Crippen LogP contribution in [0.2, 0.25) is 0 Å². The minimum atomic E-state index is -4.18. The van der Waals surface area contributed by atoms with Crippen LogP contribution >= 0.6 is 12.4 Å². The lowest BCUT2D eigenvalue weighted by atomic mass is 10.5. The van der Waals surface area contributed by atoms with E-state index in [1.807, 2.05) is 0 Å². The standard InChI is InChI=1S/C6H7F3N2.ClH/c1-5-2-3-10-11(5)4-6(7,8)9;/h2-3H,4H2,1H3;1H. The van der Waals surface area contributed by atoms with Crippen LogP contribution in [0.5, 0.6) is 0 Å². The van der Waals surface area contributed by atoms with Crippen LogP contribution in [0.15, 0.2) is 12.3 Å². The molecule has 1 rings (SSSR count). The lowest BCUT2D eigenvalue weighted by Gasteiger charge is -2.07. The third-order valence-electron chi connectivity index (χ3n) is 1.26. The average Bonchev–Trinajstić information content (AvgIpc) is 2.12. The Hall–Kier alpha value is -0.710. The summed E-state index contributed by atoms with van der Waals surface area (Å²) in [7, 11) is 0. The monoisotopic (exact) mass is 200 g/mol. The summed E-state index contributed by atoms with van der Waals surface area (Å²) in [6.45, 7) is 0.574. The van der Waals surface area contributed by atoms with Crippen LogP contribution in [0.25, 0.3) is 0 Å². The molecule has 0 saturated heterocycles. The minimum absolute atomic E-state index is 0. The Bertz CT molecular complexity index is 243. The normalized spacial score (nSPS) is 11.0. The highest BCUT2D eigenvalue weighted by Gasteiger charge is 2.28. The van der Waals surface area contributed by atoms with Gasteiger partial charge in [-0.15, -0.1) is 12.4 Å². The maximum atomic E-state index is 11.7. The number of hydrogen-bond donors (Lipinski definition) is 0. The number of alkyl halides is 3. The zero-order valence-corrected chi connectivity index (χ0v) is 7.11. The highest BCUT2D eigenvalue weighted by Crippen LogP contribution is 2.17. The molecule has 1 aromatic heterocycles. The number of aromatic nitrogens is 2. The summed E-state index contributed by atoms with van der Waals surface area (Å²) in [5.41, 5.74) is 0.516. The molecule has 0 unspecified atom stereocenters. The molecule has 0 aliphatic heterocycles. The van der Waals surface area contributed by atoms with Gasteiger partial charge in [0.25, 0.3) is 0 Å². The first-order valence-electron chi connectivity index (χ1n) is 3.04. The predicted molar refractivity (Wildman–Crippen MR) is 40.3 cm³/mol. The molecule has 6 heteroatoms. The van der Waals surface area contributed by atoms with Crippen molar-refractivity contribution in [1.82, 2.24) is 9.78 Å². The zero-order valence-electron chi connectivity index (χ0n) is 6.30. The van der Waals surface area contributed by atoms with Gasteiger partial charge in [-0.05, 0) is 13.0 Å². The molecule has 0 fully saturated rings. The van der Waals surface area contributed by atoms with Crippen LogP contribution in [-0.2, 0) is 6.54 Å². The molecule has 1 aromatic rings. The van der Waals surface area contributed by atoms with E-state index in [-0.39, 0.29) is 12.4 Å². The highest BCUT2D eigenvalue weighted by atomic mass is 35.5. The van der Waals surface area contributed by atoms with Gasteiger partial charge >= 0.3 is 6.18 Å². The zero-order chi connectivity index (χ0) is 8.48. The first-order valence-corrected chi connectivity index (χ1v) is 3.04. The van der Waals surface area contributed by atoms with E-state index in [9.17, 15) is 13.2 Å². The molecule has 0 aliphatic carbocycles. The van der Waals surface area contributed by atoms with Crippen molar-refractivity contribution in [3.63, 3.8) is 0 Å². The number of rotatable bonds is 1. The fourth-order valence-electron chi connectivity index (χ4n) is 0.734. The van der Waals surface area contributed by atoms with Gasteiger partial charge in [-0.2, -0.15) is 18.3 Å². The Morgan fingerprint density at radius 2 is 2.08 bits per heavy atom. The summed E-state index contributed by atoms with van der Waals surface area (Å²) in [4.78, 5) is 0. The van der Waals surface area contributed by atoms with Crippen molar-refractivity contribution >= 4 is 12.4 Å². The van der Waals surface area contributed by atoms with Crippen molar-refractivity contribution in [3.8, 4) is 0 Å². The fraction of sp³-hybridized carbons (Fsp3) is 0.500. The van der Waals surface area contributed by atoms with Crippen LogP contribution in [0.1, 0.15) is 5.69 Å². The van der Waals surface area contributed by atoms with Crippen molar-refractivity contribution in [2.45, 2.75) is 19.6 Å². The van der Waals surface area contributed by atoms with Crippen LogP contribution in [0.4, 0.5) is 13.2 Å². The van der Waals surface area contributed by atoms with Crippen LogP contribution in [0.3, 0.4) is 0 Å². The van der Waals surface area contributed by atoms with Crippen molar-refractivity contribution in [1.29, 1.82) is 0 Å². The molecule has 0 N–H and O–H groups in total. The van der Waals surface area contributed by atoms with Crippen molar-refractivity contribution in [2.75, 3.05) is 0 Å². The second-order valence-corrected chi connectivity index (χ2v) is 2.25. The van der Waals surface area contributed by atoms with E-state index in [2.05, 4.69) is 5.10 Å². The van der Waals surface area contributed by atoms with E-state index in [0.717, 1.165) is 4.68 Å². The van der Waals surface area contributed by atoms with Gasteiger partial charge in [0, 0.05) is 11.9 Å². The van der Waals surface area contributed by atoms with E-state index in [1.165, 1.54) is 12.3 Å². The van der Waals surface area contributed by atoms with Gasteiger partial charge in [0.05, 0.1) is 0 Å². The molecule has 0 bridgehead atoms. The molecule has 0 amide bonds. The van der Waals surface area contributed by atoms with Gasteiger partial charge in [0.1, 0.15) is 6.54 Å². The van der Waals surface area contributed by atoms with Gasteiger partial charge < -0.3 is 0 Å². The smallest absolute Gasteiger partial charge is 0.261 e. The van der Waals surface area contributed by atoms with Crippen LogP contribution in [0, 0.1) is 6.92 Å². The van der Waals surface area contributed by atoms with Crippen LogP contribution in [-0.4, -0.2) is 16.0 Å². The molecule has 0 aliphatic rings. The lowest BCUT2D eigenvalue weighted by Crippen LogP contribution is -2.19. The Kier molecular flexibility index (Phi) is 3.57. The van der Waals surface area contributed by atoms with Crippen molar-refractivity contribution in [2.24, 2.45) is 0 Å². The topological polar surface area (TPSA) is 17.8 Å². The van der Waals surface area contributed by atoms with Gasteiger partial charge in [-0.1, -0.05) is 0 Å². The lowest BCUT2D eigenvalue weighted by molar-refractivity contribution is -0.142. The minimum Gasteiger partial charge on any atom is -0.261 e. The van der Waals surface area contributed by atoms with Crippen LogP contribution < -0.4 is 0 Å². The van der Waals surface area contributed by atoms with E-state index < -0.39 is 12.7 Å². The first-order chi connectivity index (χ1) is 4.99. The molecule has 1 heterocycles. The maximum absolute atomic E-state index is 11.7. The van der Waals surface area contributed by atoms with Gasteiger partial charge in [-0.3, -0.25) is 4.68 Å². The van der Waals surface area contributed by atoms with E-state index in [0.29, 0.717) is 5.69 Å². The third-order valence-corrected chi connectivity index (χ3v) is 1.26. The number of aryl methyl sites for hydroxylation is 1. The molecule has 0 atom stereocenters. The van der Waals surface area contributed by atoms with E-state index in [1.54, 1.807) is 6.92 Å². The molecular formula is C6H8ClF3N2. The van der Waals surface area contributed by atoms with Gasteiger partial charge in [0.15, 0.2) is 0 Å².